The van der Waals surface area contributed by atoms with E-state index in [0.717, 1.165) is 17.0 Å². The molecule has 0 saturated carbocycles. The number of benzene rings is 1. The number of hydrogen-bond acceptors (Lipinski definition) is 5. The van der Waals surface area contributed by atoms with Gasteiger partial charge in [-0.25, -0.2) is 4.98 Å². The Bertz CT molecular complexity index is 530. The molecule has 19 heavy (non-hydrogen) atoms. The predicted octanol–water partition coefficient (Wildman–Crippen LogP) is 1.50. The third-order valence-electron chi connectivity index (χ3n) is 2.97. The highest BCUT2D eigenvalue weighted by molar-refractivity contribution is 5.28. The Morgan fingerprint density at radius 1 is 1.11 bits per heavy atom. The molecule has 100 valence electrons. The van der Waals surface area contributed by atoms with E-state index in [9.17, 15) is 5.11 Å². The van der Waals surface area contributed by atoms with Crippen molar-refractivity contribution in [1.82, 2.24) is 15.2 Å². The van der Waals surface area contributed by atoms with Crippen LogP contribution in [0.15, 0.2) is 30.3 Å². The van der Waals surface area contributed by atoms with Crippen LogP contribution in [0.3, 0.4) is 0 Å². The summed E-state index contributed by atoms with van der Waals surface area (Å²) >= 11 is 0. The number of aromatic nitrogens is 3. The molecule has 1 unspecified atom stereocenters. The predicted molar refractivity (Wildman–Crippen MR) is 73.9 cm³/mol. The van der Waals surface area contributed by atoms with Crippen molar-refractivity contribution in [1.29, 1.82) is 0 Å². The van der Waals surface area contributed by atoms with Gasteiger partial charge in [0.05, 0.1) is 24.0 Å². The van der Waals surface area contributed by atoms with Crippen LogP contribution < -0.4 is 5.32 Å². The fourth-order valence-electron chi connectivity index (χ4n) is 1.76. The van der Waals surface area contributed by atoms with E-state index in [1.165, 1.54) is 0 Å². The molecule has 5 heteroatoms. The number of aryl methyl sites for hydroxylation is 2. The second kappa shape index (κ2) is 6.24. The number of hydrogen-bond donors (Lipinski definition) is 2. The van der Waals surface area contributed by atoms with Gasteiger partial charge in [0.1, 0.15) is 0 Å². The Morgan fingerprint density at radius 2 is 1.84 bits per heavy atom. The summed E-state index contributed by atoms with van der Waals surface area (Å²) in [5.41, 5.74) is 2.81. The van der Waals surface area contributed by atoms with Gasteiger partial charge >= 0.3 is 0 Å². The van der Waals surface area contributed by atoms with Gasteiger partial charge in [-0.3, -0.25) is 0 Å². The minimum Gasteiger partial charge on any atom is -0.394 e. The van der Waals surface area contributed by atoms with Crippen molar-refractivity contribution >= 4 is 5.95 Å². The average molecular weight is 258 g/mol. The van der Waals surface area contributed by atoms with Crippen molar-refractivity contribution in [2.75, 3.05) is 11.9 Å². The summed E-state index contributed by atoms with van der Waals surface area (Å²) in [6.45, 7) is 3.78. The van der Waals surface area contributed by atoms with Crippen LogP contribution in [0.1, 0.15) is 17.0 Å². The van der Waals surface area contributed by atoms with Crippen molar-refractivity contribution in [3.63, 3.8) is 0 Å². The fraction of sp³-hybridized carbons (Fsp3) is 0.357. The molecule has 0 saturated heterocycles. The number of anilines is 1. The largest absolute Gasteiger partial charge is 0.394 e. The zero-order chi connectivity index (χ0) is 13.7. The highest BCUT2D eigenvalue weighted by atomic mass is 16.3. The topological polar surface area (TPSA) is 70.9 Å². The Kier molecular flexibility index (Phi) is 4.41. The van der Waals surface area contributed by atoms with Crippen molar-refractivity contribution in [2.24, 2.45) is 0 Å². The molecule has 0 spiro atoms. The normalized spacial score (nSPS) is 12.2. The zero-order valence-corrected chi connectivity index (χ0v) is 11.2. The molecule has 0 aliphatic carbocycles. The first-order valence-corrected chi connectivity index (χ1v) is 6.28. The number of nitrogens with zero attached hydrogens (tertiary/aromatic N) is 3. The van der Waals surface area contributed by atoms with Crippen LogP contribution in [0.4, 0.5) is 5.95 Å². The lowest BCUT2D eigenvalue weighted by molar-refractivity contribution is 0.273. The molecule has 1 atom stereocenters. The minimum absolute atomic E-state index is 0.0190. The number of nitrogens with one attached hydrogen (secondary N) is 1. The van der Waals surface area contributed by atoms with Crippen LogP contribution in [-0.4, -0.2) is 32.9 Å². The van der Waals surface area contributed by atoms with E-state index in [1.807, 2.05) is 44.2 Å². The molecular formula is C14H18N4O. The van der Waals surface area contributed by atoms with Crippen LogP contribution in [0, 0.1) is 13.8 Å². The first-order chi connectivity index (χ1) is 9.19. The lowest BCUT2D eigenvalue weighted by atomic mass is 10.1. The smallest absolute Gasteiger partial charge is 0.243 e. The van der Waals surface area contributed by atoms with E-state index in [4.69, 9.17) is 0 Å². The van der Waals surface area contributed by atoms with Gasteiger partial charge in [0.2, 0.25) is 5.95 Å². The third-order valence-corrected chi connectivity index (χ3v) is 2.97. The molecule has 0 fully saturated rings. The van der Waals surface area contributed by atoms with E-state index >= 15 is 0 Å². The van der Waals surface area contributed by atoms with Gasteiger partial charge in [-0.1, -0.05) is 30.3 Å². The molecule has 0 radical (unpaired) electrons. The third kappa shape index (κ3) is 3.72. The van der Waals surface area contributed by atoms with E-state index in [0.29, 0.717) is 12.4 Å². The quantitative estimate of drug-likeness (QED) is 0.850. The summed E-state index contributed by atoms with van der Waals surface area (Å²) < 4.78 is 0. The Balaban J connectivity index is 2.04. The number of aliphatic hydroxyl groups is 1. The molecule has 0 aliphatic rings. The Morgan fingerprint density at radius 3 is 2.47 bits per heavy atom. The maximum atomic E-state index is 9.43. The highest BCUT2D eigenvalue weighted by Gasteiger charge is 2.10. The first-order valence-electron chi connectivity index (χ1n) is 6.28. The van der Waals surface area contributed by atoms with E-state index in [2.05, 4.69) is 20.5 Å². The molecule has 5 nitrogen and oxygen atoms in total. The number of aliphatic hydroxyl groups excluding tert-OH is 1. The van der Waals surface area contributed by atoms with Crippen molar-refractivity contribution in [2.45, 2.75) is 26.3 Å². The van der Waals surface area contributed by atoms with Crippen LogP contribution in [-0.2, 0) is 6.42 Å². The van der Waals surface area contributed by atoms with Crippen LogP contribution in [0.5, 0.6) is 0 Å². The molecule has 1 aromatic carbocycles. The van der Waals surface area contributed by atoms with Gasteiger partial charge < -0.3 is 10.4 Å². The fourth-order valence-corrected chi connectivity index (χ4v) is 1.76. The maximum Gasteiger partial charge on any atom is 0.243 e. The summed E-state index contributed by atoms with van der Waals surface area (Å²) in [7, 11) is 0. The van der Waals surface area contributed by atoms with Gasteiger partial charge in [0.25, 0.3) is 0 Å². The standard InChI is InChI=1S/C14H18N4O/c1-10-11(2)17-18-14(15-10)16-13(9-19)8-12-6-4-3-5-7-12/h3-7,13,19H,8-9H2,1-2H3,(H,15,16,18). The summed E-state index contributed by atoms with van der Waals surface area (Å²) in [6, 6.07) is 9.89. The van der Waals surface area contributed by atoms with E-state index in [-0.39, 0.29) is 12.6 Å². The maximum absolute atomic E-state index is 9.43. The lowest BCUT2D eigenvalue weighted by Gasteiger charge is -2.16. The van der Waals surface area contributed by atoms with E-state index < -0.39 is 0 Å². The lowest BCUT2D eigenvalue weighted by Crippen LogP contribution is -2.27. The number of rotatable bonds is 5. The summed E-state index contributed by atoms with van der Waals surface area (Å²) in [5, 5.41) is 20.5. The van der Waals surface area contributed by atoms with Gasteiger partial charge in [-0.2, -0.15) is 5.10 Å². The molecule has 0 bridgehead atoms. The molecule has 2 rings (SSSR count). The van der Waals surface area contributed by atoms with Crippen LogP contribution in [0.25, 0.3) is 0 Å². The summed E-state index contributed by atoms with van der Waals surface area (Å²) in [5.74, 6) is 0.457. The average Bonchev–Trinajstić information content (AvgIpc) is 2.43. The van der Waals surface area contributed by atoms with Gasteiger partial charge in [-0.05, 0) is 25.8 Å². The summed E-state index contributed by atoms with van der Waals surface area (Å²) in [6.07, 6.45) is 0.716. The Hall–Kier alpha value is -2.01. The summed E-state index contributed by atoms with van der Waals surface area (Å²) in [4.78, 5) is 4.31. The molecule has 2 N–H and O–H groups in total. The first kappa shape index (κ1) is 13.4. The second-order valence-electron chi connectivity index (χ2n) is 4.52. The molecule has 0 aliphatic heterocycles. The van der Waals surface area contributed by atoms with E-state index in [1.54, 1.807) is 0 Å². The molecule has 0 amide bonds. The van der Waals surface area contributed by atoms with Gasteiger partial charge in [-0.15, -0.1) is 5.10 Å². The van der Waals surface area contributed by atoms with Crippen molar-refractivity contribution in [3.8, 4) is 0 Å². The minimum atomic E-state index is -0.119. The second-order valence-corrected chi connectivity index (χ2v) is 4.52. The zero-order valence-electron chi connectivity index (χ0n) is 11.2. The molecule has 1 heterocycles. The Labute approximate surface area is 112 Å². The van der Waals surface area contributed by atoms with Gasteiger partial charge in [0, 0.05) is 0 Å². The highest BCUT2D eigenvalue weighted by Crippen LogP contribution is 2.08. The molecule has 2 aromatic rings. The van der Waals surface area contributed by atoms with Crippen molar-refractivity contribution in [3.05, 3.63) is 47.3 Å². The monoisotopic (exact) mass is 258 g/mol. The molecular weight excluding hydrogens is 240 g/mol. The van der Waals surface area contributed by atoms with Crippen LogP contribution >= 0.6 is 0 Å². The van der Waals surface area contributed by atoms with Gasteiger partial charge in [0.15, 0.2) is 0 Å². The SMILES string of the molecule is Cc1nnc(NC(CO)Cc2ccccc2)nc1C. The van der Waals surface area contributed by atoms with Crippen molar-refractivity contribution < 1.29 is 5.11 Å². The molecule has 1 aromatic heterocycles. The van der Waals surface area contributed by atoms with Crippen LogP contribution in [0.2, 0.25) is 0 Å².